The topological polar surface area (TPSA) is 513 Å². The Morgan fingerprint density at radius 1 is 0.234 bits per heavy atom. The van der Waals surface area contributed by atoms with Crippen molar-refractivity contribution in [3.05, 3.63) is 162 Å². The van der Waals surface area contributed by atoms with Crippen molar-refractivity contribution >= 4 is 155 Å². The highest BCUT2D eigenvalue weighted by molar-refractivity contribution is 5.72. The molecule has 6 aromatic carbocycles. The number of carbonyl (C=O) groups excluding carboxylic acids is 17. The normalized spacial score (nSPS) is 12.5. The number of hydrogen-bond donors (Lipinski definition) is 0. The summed E-state index contributed by atoms with van der Waals surface area (Å²) in [5.41, 5.74) is 11.5. The first-order valence-corrected chi connectivity index (χ1v) is 44.9. The van der Waals surface area contributed by atoms with Gasteiger partial charge in [-0.25, -0.2) is 136 Å². The second kappa shape index (κ2) is 89.4. The van der Waals surface area contributed by atoms with Gasteiger partial charge in [0, 0.05) is 0 Å². The third-order valence-electron chi connectivity index (χ3n) is 20.4. The second-order valence-corrected chi connectivity index (χ2v) is 30.3. The van der Waals surface area contributed by atoms with Crippen LogP contribution in [0.1, 0.15) is 227 Å². The number of nitrogens with zero attached hydrogens (tertiary/aromatic N) is 18. The van der Waals surface area contributed by atoms with Gasteiger partial charge in [0.25, 0.3) is 0 Å². The molecule has 0 saturated heterocycles. The molecule has 6 aromatic rings. The van der Waals surface area contributed by atoms with Crippen molar-refractivity contribution in [3.63, 3.8) is 0 Å². The van der Waals surface area contributed by atoms with Crippen LogP contribution < -0.4 is 0 Å². The molecule has 0 atom stereocenters. The Labute approximate surface area is 797 Å². The van der Waals surface area contributed by atoms with Crippen LogP contribution in [-0.2, 0) is 87.9 Å². The quantitative estimate of drug-likeness (QED) is 0.0194. The van der Waals surface area contributed by atoms with E-state index in [0.717, 1.165) is 191 Å². The molecule has 716 valence electrons. The van der Waals surface area contributed by atoms with E-state index in [1.165, 1.54) is 144 Å². The van der Waals surface area contributed by atoms with Crippen LogP contribution in [0.5, 0.6) is 0 Å². The SMILES string of the molecule is C=C=Nc1ccc(N=C=O)cc1.Cc1cc(-c2ccc(N=C=O)c(C)c2)ccc1N=C=O.Cc1ccc(N=C=O)cc1N=C=O.O=C=NC1CCC(CC2CCC(N=C=O)CC2)CC1.O=C=NCCCCCCCCCCCCN=C=O.O=C=NCCCCCCCCN=C=O.O=C=NCCCCCCN=C=O.O=C=NCCCCN=C=O.O=C=Nc1ccc(Cc2ccc(N=C=O)cc2)cc1. The summed E-state index contributed by atoms with van der Waals surface area (Å²) in [6.45, 7) is 13.4. The summed E-state index contributed by atoms with van der Waals surface area (Å²) in [6, 6.07) is 38.1. The molecule has 0 aliphatic heterocycles. The summed E-state index contributed by atoms with van der Waals surface area (Å²) >= 11 is 0. The molecule has 137 heavy (non-hydrogen) atoms. The van der Waals surface area contributed by atoms with E-state index in [9.17, 15) is 81.5 Å². The molecule has 8 rings (SSSR count). The summed E-state index contributed by atoms with van der Waals surface area (Å²) in [7, 11) is 0. The van der Waals surface area contributed by atoms with Gasteiger partial charge in [0.1, 0.15) is 0 Å². The lowest BCUT2D eigenvalue weighted by Gasteiger charge is -2.31. The smallest absolute Gasteiger partial charge is 0.211 e. The summed E-state index contributed by atoms with van der Waals surface area (Å²) in [4.78, 5) is 232. The van der Waals surface area contributed by atoms with Crippen LogP contribution in [0.25, 0.3) is 11.1 Å². The van der Waals surface area contributed by atoms with E-state index in [4.69, 9.17) is 0 Å². The Morgan fingerprint density at radius 2 is 0.474 bits per heavy atom. The van der Waals surface area contributed by atoms with Gasteiger partial charge in [-0.1, -0.05) is 132 Å². The zero-order valence-corrected chi connectivity index (χ0v) is 77.9. The number of benzene rings is 6. The van der Waals surface area contributed by atoms with Gasteiger partial charge in [0.15, 0.2) is 0 Å². The number of rotatable bonds is 49. The minimum Gasteiger partial charge on any atom is -0.211 e. The van der Waals surface area contributed by atoms with Gasteiger partial charge in [0.05, 0.1) is 110 Å². The van der Waals surface area contributed by atoms with Gasteiger partial charge in [-0.15, -0.1) is 0 Å². The minimum atomic E-state index is 0.228. The van der Waals surface area contributed by atoms with E-state index in [2.05, 4.69) is 102 Å². The summed E-state index contributed by atoms with van der Waals surface area (Å²) in [6.07, 6.45) is 60.5. The maximum absolute atomic E-state index is 10.3. The fraction of sp³-hybridized carbons (Fsp3) is 0.461. The lowest BCUT2D eigenvalue weighted by Crippen LogP contribution is -2.23. The fourth-order valence-corrected chi connectivity index (χ4v) is 13.4. The molecule has 0 unspecified atom stereocenters. The Balaban J connectivity index is 0.00000153. The molecular formula is C102H116N18O17. The van der Waals surface area contributed by atoms with Gasteiger partial charge >= 0.3 is 0 Å². The van der Waals surface area contributed by atoms with Gasteiger partial charge < -0.3 is 0 Å². The average molecular weight is 1870 g/mol. The van der Waals surface area contributed by atoms with Gasteiger partial charge in [-0.3, -0.25) is 0 Å². The highest BCUT2D eigenvalue weighted by Crippen LogP contribution is 2.37. The van der Waals surface area contributed by atoms with E-state index < -0.39 is 0 Å². The first-order valence-electron chi connectivity index (χ1n) is 44.9. The molecule has 2 saturated carbocycles. The van der Waals surface area contributed by atoms with Crippen LogP contribution in [0.15, 0.2) is 224 Å². The monoisotopic (exact) mass is 1860 g/mol. The maximum Gasteiger partial charge on any atom is 0.240 e. The minimum absolute atomic E-state index is 0.228. The van der Waals surface area contributed by atoms with Crippen molar-refractivity contribution in [3.8, 4) is 11.1 Å². The second-order valence-electron chi connectivity index (χ2n) is 30.3. The van der Waals surface area contributed by atoms with E-state index in [-0.39, 0.29) is 12.1 Å². The van der Waals surface area contributed by atoms with Crippen LogP contribution in [0.3, 0.4) is 0 Å². The van der Waals surface area contributed by atoms with Crippen LogP contribution in [0.4, 0.5) is 45.5 Å². The lowest BCUT2D eigenvalue weighted by molar-refractivity contribution is 0.226. The molecule has 0 spiro atoms. The zero-order valence-electron chi connectivity index (χ0n) is 77.9. The van der Waals surface area contributed by atoms with Gasteiger partial charge in [0.2, 0.25) is 103 Å². The maximum atomic E-state index is 10.3. The van der Waals surface area contributed by atoms with Crippen molar-refractivity contribution in [1.82, 2.24) is 0 Å². The molecule has 0 N–H and O–H groups in total. The number of hydrogen-bond acceptors (Lipinski definition) is 35. The summed E-state index contributed by atoms with van der Waals surface area (Å²) < 4.78 is 0. The zero-order chi connectivity index (χ0) is 101. The molecule has 2 aliphatic rings. The van der Waals surface area contributed by atoms with Crippen LogP contribution in [-0.4, -0.2) is 174 Å². The van der Waals surface area contributed by atoms with Crippen molar-refractivity contribution in [2.24, 2.45) is 102 Å². The Morgan fingerprint density at radius 3 is 0.730 bits per heavy atom. The molecule has 0 amide bonds. The van der Waals surface area contributed by atoms with Crippen LogP contribution in [0.2, 0.25) is 0 Å². The van der Waals surface area contributed by atoms with Gasteiger partial charge in [-0.05, 0) is 285 Å². The molecule has 35 nitrogen and oxygen atoms in total. The highest BCUT2D eigenvalue weighted by Gasteiger charge is 2.27. The number of unbranched alkanes of at least 4 members (excludes halogenated alkanes) is 18. The molecular weight excluding hydrogens is 1750 g/mol. The van der Waals surface area contributed by atoms with Crippen molar-refractivity contribution in [2.75, 3.05) is 52.4 Å². The molecule has 35 heteroatoms. The van der Waals surface area contributed by atoms with Gasteiger partial charge in [-0.2, -0.15) is 34.9 Å². The third-order valence-corrected chi connectivity index (χ3v) is 20.4. The van der Waals surface area contributed by atoms with Crippen molar-refractivity contribution in [2.45, 2.75) is 238 Å². The number of isocyanates is 17. The lowest BCUT2D eigenvalue weighted by atomic mass is 9.76. The van der Waals surface area contributed by atoms with E-state index >= 15 is 0 Å². The molecule has 0 radical (unpaired) electrons. The number of aliphatic imine (C=N–C) groups is 18. The van der Waals surface area contributed by atoms with Crippen molar-refractivity contribution < 1.29 is 81.5 Å². The molecule has 0 aromatic heterocycles. The summed E-state index contributed by atoms with van der Waals surface area (Å²) in [5, 5.41) is 0. The Hall–Kier alpha value is -15.8. The first kappa shape index (κ1) is 121. The molecule has 0 heterocycles. The number of aryl methyl sites for hydroxylation is 3. The molecule has 2 aliphatic carbocycles. The highest BCUT2D eigenvalue weighted by atomic mass is 16.2. The van der Waals surface area contributed by atoms with E-state index in [1.807, 2.05) is 62.4 Å². The average Bonchev–Trinajstić information content (AvgIpc) is 0.821. The standard InChI is InChI=1S/C16H12N2O2.C15H22N2O2.C15H10N2O2.C14H24N2O2.C10H16N2O2.C9H6N2O2.C9H6N2O.C8H12N2O2.C6H8N2O2/c1-11-7-13(3-5-15(11)17-9-19)14-4-6-16(18-10-20)12(2)8-14;2*18-10-16-14-5-1-12(2-6-14)9-13-3-7-15(8-4-13)17-11-19;17-13-15-11-9-7-5-3-1-2-4-6-8-10-12-16-14-18;13-9-11-7-5-3-1-2-4-6-8-12-10-14;1-7-2-3-8(10-5-12)4-9(7)11-6-13;1-2-10-8-3-5-9(6-4-8)11-7-12;11-7-9-5-3-1-2-4-6-10-8-12;9-5-7-3-1-2-4-8-6-10/h3-8H,1-2H3;12-15H,1-9H2;1-8H,9H2;1-12H2;1-8H2;2-4H,1H3;3-6H,1H2;1-6H2;1-4H2. The largest absolute Gasteiger partial charge is 0.240 e. The first-order chi connectivity index (χ1) is 67.1. The summed E-state index contributed by atoms with van der Waals surface area (Å²) in [5.74, 6) is 4.00. The third kappa shape index (κ3) is 68.0. The fourth-order valence-electron chi connectivity index (χ4n) is 13.4. The van der Waals surface area contributed by atoms with Crippen molar-refractivity contribution in [1.29, 1.82) is 0 Å². The van der Waals surface area contributed by atoms with E-state index in [0.29, 0.717) is 92.2 Å². The Bertz CT molecular complexity index is 5140. The van der Waals surface area contributed by atoms with Crippen LogP contribution in [0, 0.1) is 32.6 Å². The van der Waals surface area contributed by atoms with E-state index in [1.54, 1.807) is 116 Å². The Kier molecular flexibility index (Phi) is 79.2. The van der Waals surface area contributed by atoms with Crippen LogP contribution >= 0.6 is 0 Å². The predicted molar refractivity (Wildman–Crippen MR) is 520 cm³/mol. The molecule has 2 fully saturated rings. The predicted octanol–water partition coefficient (Wildman–Crippen LogP) is 21.6. The molecule has 0 bridgehead atoms.